The van der Waals surface area contributed by atoms with E-state index < -0.39 is 16.9 Å². The van der Waals surface area contributed by atoms with Crippen molar-refractivity contribution in [1.82, 2.24) is 4.90 Å². The number of hydrogen-bond donors (Lipinski definition) is 2. The van der Waals surface area contributed by atoms with Crippen molar-refractivity contribution < 1.29 is 29.5 Å². The van der Waals surface area contributed by atoms with Crippen LogP contribution in [0, 0.1) is 10.1 Å². The Morgan fingerprint density at radius 1 is 1.00 bits per heavy atom. The number of carboxylic acid groups (broad SMARTS) is 2. The quantitative estimate of drug-likeness (QED) is 0.305. The van der Waals surface area contributed by atoms with Crippen molar-refractivity contribution in [3.8, 4) is 5.75 Å². The molecule has 0 unspecified atom stereocenters. The van der Waals surface area contributed by atoms with Gasteiger partial charge in [-0.3, -0.25) is 15.0 Å². The molecule has 0 atom stereocenters. The molecule has 0 aromatic heterocycles. The first-order valence-electron chi connectivity index (χ1n) is 9.49. The van der Waals surface area contributed by atoms with Crippen molar-refractivity contribution in [3.63, 3.8) is 0 Å². The molecule has 0 aliphatic carbocycles. The molecule has 0 radical (unpaired) electrons. The summed E-state index contributed by atoms with van der Waals surface area (Å²) in [6.45, 7) is 3.89. The Hall–Kier alpha value is -3.46. The number of carboxylic acids is 2. The molecule has 2 aromatic carbocycles. The largest absolute Gasteiger partial charge is 0.494 e. The van der Waals surface area contributed by atoms with E-state index in [1.165, 1.54) is 23.3 Å². The second-order valence-corrected chi connectivity index (χ2v) is 6.71. The van der Waals surface area contributed by atoms with Gasteiger partial charge in [-0.25, -0.2) is 9.59 Å². The molecule has 0 amide bonds. The highest BCUT2D eigenvalue weighted by Gasteiger charge is 2.14. The standard InChI is InChI=1S/C19H22N2O3.C2H2O4/c22-21(23)18-7-9-19(10-8-18)24-14-4-3-12-20-13-11-16-5-1-2-6-17(16)15-20;3-1(4)2(5)6/h1-2,5-10H,3-4,11-15H2;(H,3,4)(H,5,6). The average molecular weight is 416 g/mol. The molecule has 30 heavy (non-hydrogen) atoms. The fourth-order valence-corrected chi connectivity index (χ4v) is 3.04. The molecule has 1 heterocycles. The lowest BCUT2D eigenvalue weighted by Crippen LogP contribution is -2.31. The van der Waals surface area contributed by atoms with E-state index in [1.807, 2.05) is 0 Å². The number of nitro groups is 1. The minimum absolute atomic E-state index is 0.0905. The second-order valence-electron chi connectivity index (χ2n) is 6.71. The molecule has 2 N–H and O–H groups in total. The maximum absolute atomic E-state index is 10.6. The van der Waals surface area contributed by atoms with E-state index in [0.717, 1.165) is 38.9 Å². The van der Waals surface area contributed by atoms with Gasteiger partial charge in [0, 0.05) is 25.2 Å². The molecule has 160 valence electrons. The highest BCUT2D eigenvalue weighted by molar-refractivity contribution is 6.27. The SMILES string of the molecule is O=C(O)C(=O)O.O=[N+]([O-])c1ccc(OCCCCN2CCc3ccccc3C2)cc1. The van der Waals surface area contributed by atoms with Crippen LogP contribution in [0.25, 0.3) is 0 Å². The van der Waals surface area contributed by atoms with E-state index in [1.54, 1.807) is 12.1 Å². The lowest BCUT2D eigenvalue weighted by molar-refractivity contribution is -0.384. The van der Waals surface area contributed by atoms with Gasteiger partial charge in [-0.2, -0.15) is 0 Å². The molecule has 0 saturated carbocycles. The van der Waals surface area contributed by atoms with Crippen molar-refractivity contribution in [1.29, 1.82) is 0 Å². The molecule has 1 aliphatic rings. The monoisotopic (exact) mass is 416 g/mol. The van der Waals surface area contributed by atoms with Crippen molar-refractivity contribution in [2.24, 2.45) is 0 Å². The summed E-state index contributed by atoms with van der Waals surface area (Å²) >= 11 is 0. The fraction of sp³-hybridized carbons (Fsp3) is 0.333. The maximum Gasteiger partial charge on any atom is 0.414 e. The van der Waals surface area contributed by atoms with Crippen molar-refractivity contribution in [2.45, 2.75) is 25.8 Å². The van der Waals surface area contributed by atoms with Gasteiger partial charge >= 0.3 is 11.9 Å². The van der Waals surface area contributed by atoms with E-state index in [2.05, 4.69) is 29.2 Å². The third-order valence-corrected chi connectivity index (χ3v) is 4.58. The highest BCUT2D eigenvalue weighted by atomic mass is 16.6. The van der Waals surface area contributed by atoms with Crippen molar-refractivity contribution >= 4 is 17.6 Å². The first kappa shape index (κ1) is 22.8. The molecule has 0 fully saturated rings. The number of unbranched alkanes of at least 4 members (excludes halogenated alkanes) is 1. The first-order chi connectivity index (χ1) is 14.4. The van der Waals surface area contributed by atoms with E-state index in [0.29, 0.717) is 12.4 Å². The number of ether oxygens (including phenoxy) is 1. The van der Waals surface area contributed by atoms with E-state index in [-0.39, 0.29) is 5.69 Å². The van der Waals surface area contributed by atoms with Crippen LogP contribution < -0.4 is 4.74 Å². The summed E-state index contributed by atoms with van der Waals surface area (Å²) in [5.74, 6) is -2.96. The molecule has 3 rings (SSSR count). The summed E-state index contributed by atoms with van der Waals surface area (Å²) in [7, 11) is 0. The van der Waals surface area contributed by atoms with Crippen LogP contribution in [-0.2, 0) is 22.6 Å². The normalized spacial score (nSPS) is 12.8. The zero-order chi connectivity index (χ0) is 21.9. The van der Waals surface area contributed by atoms with Crippen LogP contribution in [0.5, 0.6) is 5.75 Å². The molecular formula is C21H24N2O7. The molecule has 1 aliphatic heterocycles. The zero-order valence-electron chi connectivity index (χ0n) is 16.4. The van der Waals surface area contributed by atoms with Crippen LogP contribution in [0.3, 0.4) is 0 Å². The first-order valence-corrected chi connectivity index (χ1v) is 9.49. The van der Waals surface area contributed by atoms with Gasteiger partial charge in [-0.15, -0.1) is 0 Å². The Morgan fingerprint density at radius 3 is 2.23 bits per heavy atom. The van der Waals surface area contributed by atoms with E-state index in [9.17, 15) is 10.1 Å². The predicted molar refractivity (Wildman–Crippen MR) is 109 cm³/mol. The lowest BCUT2D eigenvalue weighted by Gasteiger charge is -2.28. The minimum atomic E-state index is -1.82. The van der Waals surface area contributed by atoms with E-state index in [4.69, 9.17) is 24.5 Å². The van der Waals surface area contributed by atoms with Gasteiger partial charge < -0.3 is 14.9 Å². The number of nitro benzene ring substituents is 1. The highest BCUT2D eigenvalue weighted by Crippen LogP contribution is 2.19. The Bertz CT molecular complexity index is 856. The van der Waals surface area contributed by atoms with E-state index >= 15 is 0 Å². The van der Waals surface area contributed by atoms with Gasteiger partial charge in [0.15, 0.2) is 0 Å². The molecule has 9 heteroatoms. The number of fused-ring (bicyclic) bond motifs is 1. The number of aliphatic carboxylic acids is 2. The summed E-state index contributed by atoms with van der Waals surface area (Å²) in [6, 6.07) is 14.9. The third kappa shape index (κ3) is 7.51. The summed E-state index contributed by atoms with van der Waals surface area (Å²) in [5, 5.41) is 25.4. The van der Waals surface area contributed by atoms with Crippen molar-refractivity contribution in [2.75, 3.05) is 19.7 Å². The smallest absolute Gasteiger partial charge is 0.414 e. The van der Waals surface area contributed by atoms with Crippen LogP contribution in [0.15, 0.2) is 48.5 Å². The van der Waals surface area contributed by atoms with Gasteiger partial charge in [0.1, 0.15) is 5.75 Å². The molecule has 9 nitrogen and oxygen atoms in total. The Morgan fingerprint density at radius 2 is 1.63 bits per heavy atom. The zero-order valence-corrected chi connectivity index (χ0v) is 16.4. The van der Waals surface area contributed by atoms with Gasteiger partial charge in [0.2, 0.25) is 0 Å². The molecule has 0 spiro atoms. The van der Waals surface area contributed by atoms with Crippen LogP contribution in [0.2, 0.25) is 0 Å². The third-order valence-electron chi connectivity index (χ3n) is 4.58. The van der Waals surface area contributed by atoms with Crippen LogP contribution in [0.1, 0.15) is 24.0 Å². The Balaban J connectivity index is 0.000000469. The number of benzene rings is 2. The molecule has 0 saturated heterocycles. The minimum Gasteiger partial charge on any atom is -0.494 e. The Labute approximate surface area is 173 Å². The molecular weight excluding hydrogens is 392 g/mol. The average Bonchev–Trinajstić information content (AvgIpc) is 2.74. The Kier molecular flexibility index (Phi) is 8.76. The number of rotatable bonds is 7. The lowest BCUT2D eigenvalue weighted by atomic mass is 10.00. The second kappa shape index (κ2) is 11.5. The van der Waals surface area contributed by atoms with Crippen LogP contribution in [0.4, 0.5) is 5.69 Å². The summed E-state index contributed by atoms with van der Waals surface area (Å²) in [5.41, 5.74) is 3.02. The van der Waals surface area contributed by atoms with Gasteiger partial charge in [-0.1, -0.05) is 24.3 Å². The topological polar surface area (TPSA) is 130 Å². The molecule has 0 bridgehead atoms. The summed E-state index contributed by atoms with van der Waals surface area (Å²) < 4.78 is 5.65. The van der Waals surface area contributed by atoms with Gasteiger partial charge in [-0.05, 0) is 49.1 Å². The van der Waals surface area contributed by atoms with Crippen LogP contribution >= 0.6 is 0 Å². The predicted octanol–water partition coefficient (Wildman–Crippen LogP) is 2.97. The van der Waals surface area contributed by atoms with Gasteiger partial charge in [0.25, 0.3) is 5.69 Å². The van der Waals surface area contributed by atoms with Crippen molar-refractivity contribution in [3.05, 3.63) is 69.8 Å². The molecule has 2 aromatic rings. The van der Waals surface area contributed by atoms with Gasteiger partial charge in [0.05, 0.1) is 11.5 Å². The van der Waals surface area contributed by atoms with Crippen LogP contribution in [-0.4, -0.2) is 51.7 Å². The number of carbonyl (C=O) groups is 2. The maximum atomic E-state index is 10.6. The summed E-state index contributed by atoms with van der Waals surface area (Å²) in [6.07, 6.45) is 3.21. The number of nitrogens with zero attached hydrogens (tertiary/aromatic N) is 2. The number of hydrogen-bond acceptors (Lipinski definition) is 6. The fourth-order valence-electron chi connectivity index (χ4n) is 3.04. The number of non-ortho nitro benzene ring substituents is 1. The summed E-state index contributed by atoms with van der Waals surface area (Å²) in [4.78, 5) is 30.9.